The van der Waals surface area contributed by atoms with E-state index in [-0.39, 0.29) is 36.9 Å². The Morgan fingerprint density at radius 1 is 1.26 bits per heavy atom. The number of nitrogens with zero attached hydrogens (tertiary/aromatic N) is 2. The number of aromatic nitrogens is 2. The number of esters is 1. The van der Waals surface area contributed by atoms with Gasteiger partial charge in [-0.25, -0.2) is 9.18 Å². The summed E-state index contributed by atoms with van der Waals surface area (Å²) in [6.07, 6.45) is 3.29. The number of carbonyl (C=O) groups excluding carboxylic acids is 1. The van der Waals surface area contributed by atoms with Crippen LogP contribution in [0.15, 0.2) is 39.7 Å². The SMILES string of the molecule is CCCCOc1c(C(=O)OCC)c(=O)n(C[C@@H]2COC(C)(C)O2)c2c(Br)c(Cc3ccc(F)cc3)cnc12. The zero-order chi connectivity index (χ0) is 27.4. The van der Waals surface area contributed by atoms with Gasteiger partial charge in [0.25, 0.3) is 5.56 Å². The number of hydrogen-bond acceptors (Lipinski definition) is 7. The largest absolute Gasteiger partial charge is 0.490 e. The lowest BCUT2D eigenvalue weighted by molar-refractivity contribution is -0.139. The molecule has 2 aromatic heterocycles. The number of carbonyl (C=O) groups is 1. The van der Waals surface area contributed by atoms with Crippen LogP contribution in [0, 0.1) is 5.82 Å². The molecule has 0 spiro atoms. The number of ether oxygens (including phenoxy) is 4. The van der Waals surface area contributed by atoms with Gasteiger partial charge in [0.15, 0.2) is 17.1 Å². The Labute approximate surface area is 229 Å². The molecule has 4 rings (SSSR count). The van der Waals surface area contributed by atoms with Gasteiger partial charge in [0.2, 0.25) is 0 Å². The van der Waals surface area contributed by atoms with Crippen LogP contribution < -0.4 is 10.3 Å². The lowest BCUT2D eigenvalue weighted by atomic mass is 10.0. The summed E-state index contributed by atoms with van der Waals surface area (Å²) in [5.74, 6) is -1.77. The fourth-order valence-corrected chi connectivity index (χ4v) is 5.04. The van der Waals surface area contributed by atoms with E-state index < -0.39 is 23.4 Å². The minimum absolute atomic E-state index is 0.103. The summed E-state index contributed by atoms with van der Waals surface area (Å²) in [6.45, 7) is 8.14. The van der Waals surface area contributed by atoms with E-state index in [1.807, 2.05) is 6.92 Å². The van der Waals surface area contributed by atoms with E-state index in [1.54, 1.807) is 39.1 Å². The van der Waals surface area contributed by atoms with Crippen molar-refractivity contribution < 1.29 is 28.1 Å². The summed E-state index contributed by atoms with van der Waals surface area (Å²) in [6, 6.07) is 6.21. The Kier molecular flexibility index (Phi) is 8.85. The summed E-state index contributed by atoms with van der Waals surface area (Å²) in [5, 5.41) is 0. The van der Waals surface area contributed by atoms with Crippen molar-refractivity contribution in [2.75, 3.05) is 19.8 Å². The average Bonchev–Trinajstić information content (AvgIpc) is 3.22. The van der Waals surface area contributed by atoms with Crippen molar-refractivity contribution in [2.24, 2.45) is 0 Å². The molecule has 38 heavy (non-hydrogen) atoms. The van der Waals surface area contributed by atoms with Crippen LogP contribution in [0.1, 0.15) is 62.0 Å². The second-order valence-electron chi connectivity index (χ2n) is 9.59. The summed E-state index contributed by atoms with van der Waals surface area (Å²) < 4.78 is 38.5. The van der Waals surface area contributed by atoms with Gasteiger partial charge in [-0.05, 0) is 66.4 Å². The molecule has 3 aromatic rings. The molecule has 1 fully saturated rings. The van der Waals surface area contributed by atoms with Gasteiger partial charge < -0.3 is 23.5 Å². The zero-order valence-electron chi connectivity index (χ0n) is 22.0. The summed E-state index contributed by atoms with van der Waals surface area (Å²) in [7, 11) is 0. The van der Waals surface area contributed by atoms with Crippen LogP contribution in [0.25, 0.3) is 11.0 Å². The molecule has 1 aliphatic heterocycles. The van der Waals surface area contributed by atoms with E-state index in [0.29, 0.717) is 28.5 Å². The Balaban J connectivity index is 1.92. The third-order valence-electron chi connectivity index (χ3n) is 6.22. The highest BCUT2D eigenvalue weighted by molar-refractivity contribution is 9.10. The molecular weight excluding hydrogens is 559 g/mol. The molecule has 1 atom stereocenters. The lowest BCUT2D eigenvalue weighted by Crippen LogP contribution is -2.34. The van der Waals surface area contributed by atoms with Gasteiger partial charge in [-0.15, -0.1) is 0 Å². The van der Waals surface area contributed by atoms with Crippen molar-refractivity contribution in [3.05, 3.63) is 67.8 Å². The number of pyridine rings is 2. The molecule has 8 nitrogen and oxygen atoms in total. The second-order valence-corrected chi connectivity index (χ2v) is 10.4. The molecule has 0 N–H and O–H groups in total. The Morgan fingerprint density at radius 2 is 2.00 bits per heavy atom. The third kappa shape index (κ3) is 6.08. The molecule has 3 heterocycles. The quantitative estimate of drug-likeness (QED) is 0.231. The van der Waals surface area contributed by atoms with Crippen LogP contribution >= 0.6 is 15.9 Å². The van der Waals surface area contributed by atoms with Crippen LogP contribution in [0.3, 0.4) is 0 Å². The monoisotopic (exact) mass is 590 g/mol. The molecule has 0 saturated carbocycles. The molecule has 0 radical (unpaired) electrons. The van der Waals surface area contributed by atoms with Crippen LogP contribution in [-0.4, -0.2) is 47.2 Å². The summed E-state index contributed by atoms with van der Waals surface area (Å²) >= 11 is 3.70. The topological polar surface area (TPSA) is 88.9 Å². The van der Waals surface area contributed by atoms with E-state index >= 15 is 0 Å². The highest BCUT2D eigenvalue weighted by Crippen LogP contribution is 2.35. The van der Waals surface area contributed by atoms with Gasteiger partial charge in [0, 0.05) is 17.1 Å². The minimum Gasteiger partial charge on any atom is -0.490 e. The molecule has 0 unspecified atom stereocenters. The van der Waals surface area contributed by atoms with Gasteiger partial charge in [0.1, 0.15) is 17.4 Å². The van der Waals surface area contributed by atoms with Crippen LogP contribution in [0.4, 0.5) is 4.39 Å². The van der Waals surface area contributed by atoms with Gasteiger partial charge in [-0.1, -0.05) is 25.5 Å². The van der Waals surface area contributed by atoms with Crippen molar-refractivity contribution in [3.8, 4) is 5.75 Å². The summed E-state index contributed by atoms with van der Waals surface area (Å²) in [5.41, 5.74) is 1.74. The molecule has 0 amide bonds. The number of fused-ring (bicyclic) bond motifs is 1. The minimum atomic E-state index is -0.791. The van der Waals surface area contributed by atoms with Crippen LogP contribution in [0.5, 0.6) is 5.75 Å². The van der Waals surface area contributed by atoms with E-state index in [9.17, 15) is 14.0 Å². The fraction of sp³-hybridized carbons (Fsp3) is 0.464. The van der Waals surface area contributed by atoms with Crippen molar-refractivity contribution in [3.63, 3.8) is 0 Å². The van der Waals surface area contributed by atoms with Gasteiger partial charge in [0.05, 0.1) is 31.9 Å². The van der Waals surface area contributed by atoms with Crippen LogP contribution in [-0.2, 0) is 27.2 Å². The molecular formula is C28H32BrFN2O6. The molecule has 10 heteroatoms. The first-order valence-electron chi connectivity index (χ1n) is 12.7. The smallest absolute Gasteiger partial charge is 0.347 e. The lowest BCUT2D eigenvalue weighted by Gasteiger charge is -2.21. The highest BCUT2D eigenvalue weighted by Gasteiger charge is 2.35. The molecule has 1 saturated heterocycles. The van der Waals surface area contributed by atoms with E-state index in [0.717, 1.165) is 24.0 Å². The maximum atomic E-state index is 14.0. The van der Waals surface area contributed by atoms with Crippen LogP contribution in [0.2, 0.25) is 0 Å². The first-order valence-corrected chi connectivity index (χ1v) is 13.5. The molecule has 204 valence electrons. The fourth-order valence-electron chi connectivity index (χ4n) is 4.40. The second kappa shape index (κ2) is 11.9. The Hall–Kier alpha value is -2.82. The number of benzene rings is 1. The standard InChI is InChI=1S/C28H32BrFN2O6/c1-5-7-12-36-25-21(27(34)35-6-2)26(33)32(15-20-16-37-28(3,4)38-20)24-22(29)18(14-31-23(24)25)13-17-8-10-19(30)11-9-17/h8-11,14,20H,5-7,12-13,15-16H2,1-4H3/t20-/m1/s1. The van der Waals surface area contributed by atoms with E-state index in [2.05, 4.69) is 20.9 Å². The predicted molar refractivity (Wildman–Crippen MR) is 144 cm³/mol. The van der Waals surface area contributed by atoms with Crippen molar-refractivity contribution >= 4 is 32.9 Å². The predicted octanol–water partition coefficient (Wildman–Crippen LogP) is 5.40. The molecule has 0 aliphatic carbocycles. The molecule has 1 aromatic carbocycles. The van der Waals surface area contributed by atoms with Crippen molar-refractivity contribution in [1.29, 1.82) is 0 Å². The molecule has 0 bridgehead atoms. The maximum absolute atomic E-state index is 14.0. The number of halogens is 2. The highest BCUT2D eigenvalue weighted by atomic mass is 79.9. The molecule has 1 aliphatic rings. The maximum Gasteiger partial charge on any atom is 0.347 e. The van der Waals surface area contributed by atoms with E-state index in [1.165, 1.54) is 16.7 Å². The first-order chi connectivity index (χ1) is 18.1. The summed E-state index contributed by atoms with van der Waals surface area (Å²) in [4.78, 5) is 31.7. The normalized spacial score (nSPS) is 16.6. The number of unbranched alkanes of at least 4 members (excludes halogenated alkanes) is 1. The van der Waals surface area contributed by atoms with Gasteiger partial charge in [-0.3, -0.25) is 9.78 Å². The third-order valence-corrected chi connectivity index (χ3v) is 7.10. The first kappa shape index (κ1) is 28.2. The van der Waals surface area contributed by atoms with Gasteiger partial charge in [-0.2, -0.15) is 0 Å². The number of rotatable bonds is 10. The van der Waals surface area contributed by atoms with Crippen molar-refractivity contribution in [2.45, 2.75) is 65.4 Å². The number of hydrogen-bond donors (Lipinski definition) is 0. The van der Waals surface area contributed by atoms with Crippen molar-refractivity contribution in [1.82, 2.24) is 9.55 Å². The van der Waals surface area contributed by atoms with E-state index in [4.69, 9.17) is 18.9 Å². The van der Waals surface area contributed by atoms with Gasteiger partial charge >= 0.3 is 5.97 Å². The Morgan fingerprint density at radius 3 is 2.63 bits per heavy atom. The Bertz CT molecular complexity index is 1370. The average molecular weight is 591 g/mol. The zero-order valence-corrected chi connectivity index (χ0v) is 23.6.